The summed E-state index contributed by atoms with van der Waals surface area (Å²) in [6, 6.07) is 8.94. The van der Waals surface area contributed by atoms with E-state index in [-0.39, 0.29) is 11.5 Å². The Morgan fingerprint density at radius 2 is 2.09 bits per heavy atom. The average molecular weight is 303 g/mol. The monoisotopic (exact) mass is 303 g/mol. The van der Waals surface area contributed by atoms with E-state index in [4.69, 9.17) is 9.73 Å². The maximum absolute atomic E-state index is 5.18. The summed E-state index contributed by atoms with van der Waals surface area (Å²) in [5, 5.41) is 6.72. The van der Waals surface area contributed by atoms with Gasteiger partial charge in [0.1, 0.15) is 0 Å². The highest BCUT2D eigenvalue weighted by atomic mass is 16.5. The van der Waals surface area contributed by atoms with Gasteiger partial charge in [0.15, 0.2) is 5.96 Å². The van der Waals surface area contributed by atoms with Gasteiger partial charge in [-0.25, -0.2) is 0 Å². The number of benzene rings is 1. The quantitative estimate of drug-likeness (QED) is 0.601. The summed E-state index contributed by atoms with van der Waals surface area (Å²) in [4.78, 5) is 4.83. The number of hydrogen-bond acceptors (Lipinski definition) is 2. The number of nitrogens with zero attached hydrogens (tertiary/aromatic N) is 1. The molecule has 0 radical (unpaired) electrons. The SMILES string of the molecule is CCNC(=NCC1(c2ccccc2C)CC1)NC(C)COC. The molecule has 0 amide bonds. The summed E-state index contributed by atoms with van der Waals surface area (Å²) in [6.07, 6.45) is 2.46. The predicted molar refractivity (Wildman–Crippen MR) is 92.5 cm³/mol. The molecule has 1 fully saturated rings. The highest BCUT2D eigenvalue weighted by Gasteiger charge is 2.44. The van der Waals surface area contributed by atoms with E-state index in [1.807, 2.05) is 0 Å². The number of methoxy groups -OCH3 is 1. The summed E-state index contributed by atoms with van der Waals surface area (Å²) in [5.74, 6) is 0.881. The summed E-state index contributed by atoms with van der Waals surface area (Å²) in [6.45, 7) is 8.77. The minimum absolute atomic E-state index is 0.247. The van der Waals surface area contributed by atoms with Crippen molar-refractivity contribution in [3.63, 3.8) is 0 Å². The van der Waals surface area contributed by atoms with E-state index in [2.05, 4.69) is 55.7 Å². The number of nitrogens with one attached hydrogen (secondary N) is 2. The van der Waals surface area contributed by atoms with Crippen LogP contribution in [-0.4, -0.2) is 38.8 Å². The van der Waals surface area contributed by atoms with E-state index in [1.54, 1.807) is 7.11 Å². The van der Waals surface area contributed by atoms with Gasteiger partial charge in [0.2, 0.25) is 0 Å². The molecule has 22 heavy (non-hydrogen) atoms. The Hall–Kier alpha value is -1.55. The zero-order valence-corrected chi connectivity index (χ0v) is 14.3. The van der Waals surface area contributed by atoms with Gasteiger partial charge in [-0.1, -0.05) is 24.3 Å². The van der Waals surface area contributed by atoms with Crippen LogP contribution in [0.1, 0.15) is 37.8 Å². The summed E-state index contributed by atoms with van der Waals surface area (Å²) >= 11 is 0. The zero-order chi connectivity index (χ0) is 16.0. The van der Waals surface area contributed by atoms with Crippen LogP contribution in [0.5, 0.6) is 0 Å². The van der Waals surface area contributed by atoms with Gasteiger partial charge in [0.05, 0.1) is 13.2 Å². The second kappa shape index (κ2) is 7.63. The number of guanidine groups is 1. The highest BCUT2D eigenvalue weighted by Crippen LogP contribution is 2.49. The van der Waals surface area contributed by atoms with E-state index in [0.29, 0.717) is 6.61 Å². The molecule has 0 heterocycles. The first-order valence-electron chi connectivity index (χ1n) is 8.21. The maximum Gasteiger partial charge on any atom is 0.191 e. The fourth-order valence-corrected chi connectivity index (χ4v) is 2.91. The third-order valence-corrected chi connectivity index (χ3v) is 4.25. The molecule has 1 atom stereocenters. The maximum atomic E-state index is 5.18. The van der Waals surface area contributed by atoms with Crippen LogP contribution in [0.2, 0.25) is 0 Å². The molecule has 1 aromatic carbocycles. The van der Waals surface area contributed by atoms with Crippen LogP contribution >= 0.6 is 0 Å². The van der Waals surface area contributed by atoms with Crippen molar-refractivity contribution in [2.24, 2.45) is 4.99 Å². The molecule has 1 aromatic rings. The van der Waals surface area contributed by atoms with E-state index < -0.39 is 0 Å². The predicted octanol–water partition coefficient (Wildman–Crippen LogP) is 2.62. The van der Waals surface area contributed by atoms with Gasteiger partial charge in [0.25, 0.3) is 0 Å². The lowest BCUT2D eigenvalue weighted by atomic mass is 9.92. The van der Waals surface area contributed by atoms with Crippen molar-refractivity contribution in [2.75, 3.05) is 26.8 Å². The molecule has 2 rings (SSSR count). The highest BCUT2D eigenvalue weighted by molar-refractivity contribution is 5.80. The van der Waals surface area contributed by atoms with E-state index >= 15 is 0 Å². The molecule has 122 valence electrons. The Bertz CT molecular complexity index is 509. The molecule has 4 nitrogen and oxygen atoms in total. The van der Waals surface area contributed by atoms with Gasteiger partial charge in [0, 0.05) is 25.1 Å². The summed E-state index contributed by atoms with van der Waals surface area (Å²) < 4.78 is 5.18. The van der Waals surface area contributed by atoms with Crippen molar-refractivity contribution in [1.29, 1.82) is 0 Å². The van der Waals surface area contributed by atoms with Crippen LogP contribution in [0.4, 0.5) is 0 Å². The number of ether oxygens (including phenoxy) is 1. The van der Waals surface area contributed by atoms with E-state index in [9.17, 15) is 0 Å². The molecular weight excluding hydrogens is 274 g/mol. The zero-order valence-electron chi connectivity index (χ0n) is 14.3. The molecule has 1 unspecified atom stereocenters. The van der Waals surface area contributed by atoms with Crippen LogP contribution in [0.15, 0.2) is 29.3 Å². The fraction of sp³-hybridized carbons (Fsp3) is 0.611. The molecule has 1 saturated carbocycles. The van der Waals surface area contributed by atoms with Crippen LogP contribution in [-0.2, 0) is 10.2 Å². The largest absolute Gasteiger partial charge is 0.383 e. The Morgan fingerprint density at radius 1 is 1.36 bits per heavy atom. The van der Waals surface area contributed by atoms with Gasteiger partial charge in [-0.2, -0.15) is 0 Å². The third kappa shape index (κ3) is 4.23. The van der Waals surface area contributed by atoms with Crippen molar-refractivity contribution in [3.8, 4) is 0 Å². The summed E-state index contributed by atoms with van der Waals surface area (Å²) in [5.41, 5.74) is 3.08. The van der Waals surface area contributed by atoms with Crippen molar-refractivity contribution in [2.45, 2.75) is 45.1 Å². The first-order chi connectivity index (χ1) is 10.6. The Balaban J connectivity index is 2.05. The molecule has 0 spiro atoms. The minimum atomic E-state index is 0.247. The molecule has 0 bridgehead atoms. The lowest BCUT2D eigenvalue weighted by Gasteiger charge is -2.20. The topological polar surface area (TPSA) is 45.7 Å². The first kappa shape index (κ1) is 16.8. The molecular formula is C18H29N3O. The number of aliphatic imine (C=N–C) groups is 1. The van der Waals surface area contributed by atoms with Crippen molar-refractivity contribution >= 4 is 5.96 Å². The fourth-order valence-electron chi connectivity index (χ4n) is 2.91. The van der Waals surface area contributed by atoms with Gasteiger partial charge in [-0.3, -0.25) is 4.99 Å². The van der Waals surface area contributed by atoms with Crippen LogP contribution < -0.4 is 10.6 Å². The smallest absolute Gasteiger partial charge is 0.191 e. The van der Waals surface area contributed by atoms with Crippen molar-refractivity contribution in [1.82, 2.24) is 10.6 Å². The van der Waals surface area contributed by atoms with Crippen LogP contribution in [0.3, 0.4) is 0 Å². The van der Waals surface area contributed by atoms with E-state index in [0.717, 1.165) is 19.0 Å². The number of hydrogen-bond donors (Lipinski definition) is 2. The Labute approximate surface area is 134 Å². The summed E-state index contributed by atoms with van der Waals surface area (Å²) in [7, 11) is 1.72. The average Bonchev–Trinajstić information content (AvgIpc) is 3.27. The lowest BCUT2D eigenvalue weighted by molar-refractivity contribution is 0.179. The lowest BCUT2D eigenvalue weighted by Crippen LogP contribution is -2.44. The Kier molecular flexibility index (Phi) is 5.83. The first-order valence-corrected chi connectivity index (χ1v) is 8.21. The molecule has 1 aliphatic rings. The molecule has 2 N–H and O–H groups in total. The van der Waals surface area contributed by atoms with Gasteiger partial charge in [-0.15, -0.1) is 0 Å². The number of rotatable bonds is 7. The molecule has 0 aromatic heterocycles. The van der Waals surface area contributed by atoms with Gasteiger partial charge < -0.3 is 15.4 Å². The third-order valence-electron chi connectivity index (χ3n) is 4.25. The second-order valence-electron chi connectivity index (χ2n) is 6.29. The second-order valence-corrected chi connectivity index (χ2v) is 6.29. The standard InChI is InChI=1S/C18H29N3O/c1-5-19-17(21-15(3)12-22-4)20-13-18(10-11-18)16-9-7-6-8-14(16)2/h6-9,15H,5,10-13H2,1-4H3,(H2,19,20,21). The van der Waals surface area contributed by atoms with Gasteiger partial charge >= 0.3 is 0 Å². The van der Waals surface area contributed by atoms with Crippen LogP contribution in [0, 0.1) is 6.92 Å². The van der Waals surface area contributed by atoms with Crippen molar-refractivity contribution in [3.05, 3.63) is 35.4 Å². The van der Waals surface area contributed by atoms with Crippen LogP contribution in [0.25, 0.3) is 0 Å². The van der Waals surface area contributed by atoms with Crippen molar-refractivity contribution < 1.29 is 4.74 Å². The molecule has 0 saturated heterocycles. The molecule has 4 heteroatoms. The van der Waals surface area contributed by atoms with E-state index in [1.165, 1.54) is 24.0 Å². The number of aryl methyl sites for hydroxylation is 1. The molecule has 1 aliphatic carbocycles. The molecule has 0 aliphatic heterocycles. The minimum Gasteiger partial charge on any atom is -0.383 e. The Morgan fingerprint density at radius 3 is 2.68 bits per heavy atom. The normalized spacial score (nSPS) is 17.9. The van der Waals surface area contributed by atoms with Gasteiger partial charge in [-0.05, 0) is 44.7 Å².